The van der Waals surface area contributed by atoms with Gasteiger partial charge < -0.3 is 10.1 Å². The second-order valence-electron chi connectivity index (χ2n) is 5.94. The Balaban J connectivity index is 1.40. The molecule has 0 saturated heterocycles. The van der Waals surface area contributed by atoms with Gasteiger partial charge >= 0.3 is 12.0 Å². The normalized spacial score (nSPS) is 10.4. The maximum atomic E-state index is 13.5. The van der Waals surface area contributed by atoms with Crippen LogP contribution in [0.25, 0.3) is 10.8 Å². The highest BCUT2D eigenvalue weighted by molar-refractivity contribution is 8.00. The van der Waals surface area contributed by atoms with Gasteiger partial charge in [-0.25, -0.2) is 9.18 Å². The molecule has 29 heavy (non-hydrogen) atoms. The molecule has 0 aliphatic carbocycles. The van der Waals surface area contributed by atoms with Crippen molar-refractivity contribution in [1.29, 1.82) is 0 Å². The number of anilines is 1. The van der Waals surface area contributed by atoms with Gasteiger partial charge in [0.05, 0.1) is 11.4 Å². The molecule has 3 aromatic carbocycles. The summed E-state index contributed by atoms with van der Waals surface area (Å²) in [4.78, 5) is 36.1. The largest absolute Gasteiger partial charge is 0.455 e. The summed E-state index contributed by atoms with van der Waals surface area (Å²) < 4.78 is 18.3. The van der Waals surface area contributed by atoms with Crippen LogP contribution in [0.1, 0.15) is 0 Å². The molecule has 0 unspecified atom stereocenters. The van der Waals surface area contributed by atoms with E-state index >= 15 is 0 Å². The summed E-state index contributed by atoms with van der Waals surface area (Å²) in [5.74, 6) is -2.02. The first-order chi connectivity index (χ1) is 14.0. The van der Waals surface area contributed by atoms with E-state index in [0.717, 1.165) is 15.7 Å². The summed E-state index contributed by atoms with van der Waals surface area (Å²) in [5.41, 5.74) is -0.0680. The predicted molar refractivity (Wildman–Crippen MR) is 109 cm³/mol. The van der Waals surface area contributed by atoms with E-state index in [1.54, 1.807) is 0 Å². The lowest BCUT2D eigenvalue weighted by atomic mass is 10.1. The van der Waals surface area contributed by atoms with E-state index in [1.165, 1.54) is 36.0 Å². The zero-order valence-electron chi connectivity index (χ0n) is 15.2. The Kier molecular flexibility index (Phi) is 6.80. The number of nitrogens with one attached hydrogen (secondary N) is 2. The van der Waals surface area contributed by atoms with Crippen molar-refractivity contribution in [2.24, 2.45) is 0 Å². The zero-order chi connectivity index (χ0) is 20.6. The number of carbonyl (C=O) groups excluding carboxylic acids is 3. The van der Waals surface area contributed by atoms with Crippen molar-refractivity contribution in [1.82, 2.24) is 5.32 Å². The number of ether oxygens (including phenoxy) is 1. The Morgan fingerprint density at radius 2 is 1.66 bits per heavy atom. The SMILES string of the molecule is O=C(COC(=O)CSc1ccc2ccccc2c1)NC(=O)Nc1ccccc1F. The van der Waals surface area contributed by atoms with Crippen LogP contribution in [-0.2, 0) is 14.3 Å². The molecule has 0 aliphatic rings. The number of amides is 3. The Morgan fingerprint density at radius 3 is 2.45 bits per heavy atom. The maximum absolute atomic E-state index is 13.5. The second kappa shape index (κ2) is 9.70. The highest BCUT2D eigenvalue weighted by atomic mass is 32.2. The van der Waals surface area contributed by atoms with Crippen LogP contribution < -0.4 is 10.6 Å². The van der Waals surface area contributed by atoms with Crippen LogP contribution >= 0.6 is 11.8 Å². The van der Waals surface area contributed by atoms with Crippen molar-refractivity contribution in [2.75, 3.05) is 17.7 Å². The van der Waals surface area contributed by atoms with Crippen molar-refractivity contribution >= 4 is 46.1 Å². The summed E-state index contributed by atoms with van der Waals surface area (Å²) in [6.07, 6.45) is 0. The van der Waals surface area contributed by atoms with Gasteiger partial charge in [-0.05, 0) is 35.0 Å². The molecule has 3 rings (SSSR count). The van der Waals surface area contributed by atoms with Crippen LogP contribution in [0.5, 0.6) is 0 Å². The van der Waals surface area contributed by atoms with Crippen LogP contribution in [-0.4, -0.2) is 30.3 Å². The van der Waals surface area contributed by atoms with Gasteiger partial charge in [-0.2, -0.15) is 0 Å². The zero-order valence-corrected chi connectivity index (χ0v) is 16.0. The third kappa shape index (κ3) is 6.05. The lowest BCUT2D eigenvalue weighted by Gasteiger charge is -2.08. The van der Waals surface area contributed by atoms with Crippen molar-refractivity contribution in [3.63, 3.8) is 0 Å². The van der Waals surface area contributed by atoms with E-state index in [-0.39, 0.29) is 11.4 Å². The fourth-order valence-corrected chi connectivity index (χ4v) is 3.21. The monoisotopic (exact) mass is 412 g/mol. The third-order valence-electron chi connectivity index (χ3n) is 3.82. The van der Waals surface area contributed by atoms with E-state index in [0.29, 0.717) is 0 Å². The van der Waals surface area contributed by atoms with E-state index in [4.69, 9.17) is 4.74 Å². The number of benzene rings is 3. The summed E-state index contributed by atoms with van der Waals surface area (Å²) in [6, 6.07) is 18.3. The average Bonchev–Trinajstić information content (AvgIpc) is 2.72. The molecule has 148 valence electrons. The highest BCUT2D eigenvalue weighted by Gasteiger charge is 2.13. The molecule has 0 aromatic heterocycles. The summed E-state index contributed by atoms with van der Waals surface area (Å²) in [5, 5.41) is 6.33. The number of fused-ring (bicyclic) bond motifs is 1. The lowest BCUT2D eigenvalue weighted by molar-refractivity contribution is -0.145. The van der Waals surface area contributed by atoms with Gasteiger partial charge in [0.25, 0.3) is 5.91 Å². The molecular formula is C21H17FN2O4S. The second-order valence-corrected chi connectivity index (χ2v) is 6.99. The van der Waals surface area contributed by atoms with E-state index in [9.17, 15) is 18.8 Å². The number of esters is 1. The van der Waals surface area contributed by atoms with Gasteiger partial charge in [0.2, 0.25) is 0 Å². The number of rotatable bonds is 6. The first-order valence-electron chi connectivity index (χ1n) is 8.64. The molecular weight excluding hydrogens is 395 g/mol. The minimum absolute atomic E-state index is 0.0209. The number of thioether (sulfide) groups is 1. The van der Waals surface area contributed by atoms with E-state index in [2.05, 4.69) is 5.32 Å². The molecule has 0 heterocycles. The summed E-state index contributed by atoms with van der Waals surface area (Å²) in [6.45, 7) is -0.609. The van der Waals surface area contributed by atoms with E-state index < -0.39 is 30.3 Å². The highest BCUT2D eigenvalue weighted by Crippen LogP contribution is 2.23. The van der Waals surface area contributed by atoms with Crippen molar-refractivity contribution < 1.29 is 23.5 Å². The van der Waals surface area contributed by atoms with Crippen molar-refractivity contribution in [3.8, 4) is 0 Å². The van der Waals surface area contributed by atoms with Gasteiger partial charge in [0.1, 0.15) is 5.82 Å². The predicted octanol–water partition coefficient (Wildman–Crippen LogP) is 3.96. The fourth-order valence-electron chi connectivity index (χ4n) is 2.47. The van der Waals surface area contributed by atoms with Gasteiger partial charge in [0.15, 0.2) is 6.61 Å². The van der Waals surface area contributed by atoms with Crippen LogP contribution in [0.2, 0.25) is 0 Å². The molecule has 0 saturated carbocycles. The first kappa shape index (κ1) is 20.3. The minimum atomic E-state index is -0.915. The Bertz CT molecular complexity index is 1060. The smallest absolute Gasteiger partial charge is 0.326 e. The molecule has 0 atom stereocenters. The first-order valence-corrected chi connectivity index (χ1v) is 9.62. The standard InChI is InChI=1S/C21H17FN2O4S/c22-17-7-3-4-8-18(17)23-21(27)24-19(25)12-28-20(26)13-29-16-10-9-14-5-1-2-6-15(14)11-16/h1-11H,12-13H2,(H2,23,24,25,27). The Morgan fingerprint density at radius 1 is 0.931 bits per heavy atom. The van der Waals surface area contributed by atoms with Crippen LogP contribution in [0.15, 0.2) is 71.6 Å². The van der Waals surface area contributed by atoms with Crippen molar-refractivity contribution in [2.45, 2.75) is 4.90 Å². The van der Waals surface area contributed by atoms with Gasteiger partial charge in [-0.15, -0.1) is 11.8 Å². The number of urea groups is 1. The number of imide groups is 1. The Hall–Kier alpha value is -3.39. The topological polar surface area (TPSA) is 84.5 Å². The molecule has 3 amide bonds. The number of carbonyl (C=O) groups is 3. The molecule has 0 aliphatic heterocycles. The number of para-hydroxylation sites is 1. The average molecular weight is 412 g/mol. The fraction of sp³-hybridized carbons (Fsp3) is 0.0952. The summed E-state index contributed by atoms with van der Waals surface area (Å²) >= 11 is 1.29. The molecule has 6 nitrogen and oxygen atoms in total. The number of hydrogen-bond acceptors (Lipinski definition) is 5. The quantitative estimate of drug-likeness (QED) is 0.473. The van der Waals surface area contributed by atoms with Crippen molar-refractivity contribution in [3.05, 3.63) is 72.5 Å². The molecule has 2 N–H and O–H groups in total. The maximum Gasteiger partial charge on any atom is 0.326 e. The lowest BCUT2D eigenvalue weighted by Crippen LogP contribution is -2.37. The molecule has 0 bridgehead atoms. The van der Waals surface area contributed by atoms with Gasteiger partial charge in [-0.3, -0.25) is 14.9 Å². The minimum Gasteiger partial charge on any atom is -0.455 e. The molecule has 0 spiro atoms. The van der Waals surface area contributed by atoms with Crippen LogP contribution in [0.3, 0.4) is 0 Å². The van der Waals surface area contributed by atoms with Gasteiger partial charge in [0, 0.05) is 4.90 Å². The van der Waals surface area contributed by atoms with E-state index in [1.807, 2.05) is 47.8 Å². The van der Waals surface area contributed by atoms with Crippen LogP contribution in [0, 0.1) is 5.82 Å². The third-order valence-corrected chi connectivity index (χ3v) is 4.78. The molecule has 0 fully saturated rings. The van der Waals surface area contributed by atoms with Gasteiger partial charge in [-0.1, -0.05) is 42.5 Å². The summed E-state index contributed by atoms with van der Waals surface area (Å²) in [7, 11) is 0. The molecule has 3 aromatic rings. The van der Waals surface area contributed by atoms with Crippen LogP contribution in [0.4, 0.5) is 14.9 Å². The molecule has 0 radical (unpaired) electrons. The number of halogens is 1. The Labute approximate surface area is 170 Å². The molecule has 8 heteroatoms. The number of hydrogen-bond donors (Lipinski definition) is 2.